The van der Waals surface area contributed by atoms with Crippen molar-refractivity contribution in [3.05, 3.63) is 46.1 Å². The van der Waals surface area contributed by atoms with E-state index in [0.29, 0.717) is 12.1 Å². The lowest BCUT2D eigenvalue weighted by Gasteiger charge is -2.19. The van der Waals surface area contributed by atoms with Gasteiger partial charge in [0.15, 0.2) is 11.6 Å². The highest BCUT2D eigenvalue weighted by atomic mass is 19.1. The maximum atomic E-state index is 13.8. The van der Waals surface area contributed by atoms with E-state index in [4.69, 9.17) is 4.74 Å². The molecule has 2 aromatic rings. The summed E-state index contributed by atoms with van der Waals surface area (Å²) in [6.45, 7) is 5.34. The minimum Gasteiger partial charge on any atom is -0.434 e. The Labute approximate surface area is 135 Å². The standard InChI is InChI=1S/C14H14F2N4O4/c1-14(2,3)17-13(21)19-5-4-12(18-19)24-11-7-8(15)10(20(22)23)6-9(11)16/h4-7H,1-3H3,(H,17,21). The number of ether oxygens (including phenoxy) is 1. The second kappa shape index (κ2) is 6.22. The van der Waals surface area contributed by atoms with Crippen LogP contribution in [0.3, 0.4) is 0 Å². The van der Waals surface area contributed by atoms with E-state index in [2.05, 4.69) is 10.4 Å². The van der Waals surface area contributed by atoms with Gasteiger partial charge in [-0.25, -0.2) is 9.18 Å². The summed E-state index contributed by atoms with van der Waals surface area (Å²) in [7, 11) is 0. The van der Waals surface area contributed by atoms with Crippen LogP contribution in [0, 0.1) is 21.7 Å². The van der Waals surface area contributed by atoms with Crippen LogP contribution in [0.15, 0.2) is 24.4 Å². The van der Waals surface area contributed by atoms with Gasteiger partial charge in [0, 0.05) is 23.9 Å². The maximum Gasteiger partial charge on any atom is 0.342 e. The number of nitrogens with one attached hydrogen (secondary N) is 1. The van der Waals surface area contributed by atoms with Gasteiger partial charge in [-0.1, -0.05) is 0 Å². The van der Waals surface area contributed by atoms with Crippen molar-refractivity contribution in [2.45, 2.75) is 26.3 Å². The SMILES string of the molecule is CC(C)(C)NC(=O)n1ccc(Oc2cc(F)c([N+](=O)[O-])cc2F)n1. The third-order valence-corrected chi connectivity index (χ3v) is 2.67. The average molecular weight is 340 g/mol. The molecule has 10 heteroatoms. The van der Waals surface area contributed by atoms with Crippen molar-refractivity contribution in [3.8, 4) is 11.6 Å². The largest absolute Gasteiger partial charge is 0.434 e. The first kappa shape index (κ1) is 17.3. The van der Waals surface area contributed by atoms with Gasteiger partial charge in [0.2, 0.25) is 11.7 Å². The molecule has 0 unspecified atom stereocenters. The zero-order valence-electron chi connectivity index (χ0n) is 13.0. The molecule has 1 amide bonds. The topological polar surface area (TPSA) is 99.3 Å². The second-order valence-corrected chi connectivity index (χ2v) is 5.87. The Morgan fingerprint density at radius 2 is 2.00 bits per heavy atom. The van der Waals surface area contributed by atoms with Crippen molar-refractivity contribution in [1.29, 1.82) is 0 Å². The van der Waals surface area contributed by atoms with E-state index in [9.17, 15) is 23.7 Å². The number of rotatable bonds is 3. The highest BCUT2D eigenvalue weighted by molar-refractivity contribution is 5.76. The van der Waals surface area contributed by atoms with Crippen LogP contribution in [0.25, 0.3) is 0 Å². The fourth-order valence-electron chi connectivity index (χ4n) is 1.70. The van der Waals surface area contributed by atoms with Crippen LogP contribution in [0.5, 0.6) is 11.6 Å². The third kappa shape index (κ3) is 4.03. The van der Waals surface area contributed by atoms with Gasteiger partial charge in [-0.05, 0) is 20.8 Å². The van der Waals surface area contributed by atoms with Crippen LogP contribution in [0.2, 0.25) is 0 Å². The molecular weight excluding hydrogens is 326 g/mol. The molecule has 24 heavy (non-hydrogen) atoms. The zero-order chi connectivity index (χ0) is 18.1. The number of hydrogen-bond donors (Lipinski definition) is 1. The highest BCUT2D eigenvalue weighted by Crippen LogP contribution is 2.29. The lowest BCUT2D eigenvalue weighted by molar-refractivity contribution is -0.387. The predicted octanol–water partition coefficient (Wildman–Crippen LogP) is 3.22. The van der Waals surface area contributed by atoms with Crippen LogP contribution in [-0.4, -0.2) is 26.3 Å². The van der Waals surface area contributed by atoms with Gasteiger partial charge >= 0.3 is 11.7 Å². The first-order valence-electron chi connectivity index (χ1n) is 6.76. The minimum absolute atomic E-state index is 0.175. The molecule has 1 aromatic heterocycles. The molecule has 1 aromatic carbocycles. The normalized spacial score (nSPS) is 11.2. The van der Waals surface area contributed by atoms with Gasteiger partial charge in [0.05, 0.1) is 11.0 Å². The van der Waals surface area contributed by atoms with E-state index in [1.54, 1.807) is 20.8 Å². The van der Waals surface area contributed by atoms with Crippen molar-refractivity contribution < 1.29 is 23.2 Å². The van der Waals surface area contributed by atoms with Crippen molar-refractivity contribution in [1.82, 2.24) is 15.1 Å². The van der Waals surface area contributed by atoms with Crippen LogP contribution in [-0.2, 0) is 0 Å². The lowest BCUT2D eigenvalue weighted by Crippen LogP contribution is -2.43. The van der Waals surface area contributed by atoms with E-state index in [-0.39, 0.29) is 5.88 Å². The summed E-state index contributed by atoms with van der Waals surface area (Å²) >= 11 is 0. The molecule has 0 radical (unpaired) electrons. The first-order chi connectivity index (χ1) is 11.1. The van der Waals surface area contributed by atoms with Gasteiger partial charge in [-0.2, -0.15) is 9.07 Å². The maximum absolute atomic E-state index is 13.8. The number of nitro groups is 1. The number of halogens is 2. The fraction of sp³-hybridized carbons (Fsp3) is 0.286. The zero-order valence-corrected chi connectivity index (χ0v) is 13.0. The Morgan fingerprint density at radius 3 is 2.58 bits per heavy atom. The number of nitro benzene ring substituents is 1. The van der Waals surface area contributed by atoms with Crippen molar-refractivity contribution in [2.75, 3.05) is 0 Å². The molecular formula is C14H14F2N4O4. The molecule has 1 N–H and O–H groups in total. The monoisotopic (exact) mass is 340 g/mol. The number of carbonyl (C=O) groups is 1. The summed E-state index contributed by atoms with van der Waals surface area (Å²) in [5.74, 6) is -3.14. The summed E-state index contributed by atoms with van der Waals surface area (Å²) in [5, 5.41) is 17.0. The number of amides is 1. The molecule has 0 spiro atoms. The Kier molecular flexibility index (Phi) is 4.49. The molecule has 1 heterocycles. The van der Waals surface area contributed by atoms with Gasteiger partial charge in [-0.15, -0.1) is 5.10 Å². The Hall–Kier alpha value is -3.04. The summed E-state index contributed by atoms with van der Waals surface area (Å²) in [5.41, 5.74) is -1.49. The number of nitrogens with zero attached hydrogens (tertiary/aromatic N) is 3. The Bertz CT molecular complexity index is 799. The van der Waals surface area contributed by atoms with Gasteiger partial charge in [-0.3, -0.25) is 10.1 Å². The van der Waals surface area contributed by atoms with E-state index < -0.39 is 39.6 Å². The summed E-state index contributed by atoms with van der Waals surface area (Å²) < 4.78 is 33.2. The smallest absolute Gasteiger partial charge is 0.342 e. The second-order valence-electron chi connectivity index (χ2n) is 5.87. The summed E-state index contributed by atoms with van der Waals surface area (Å²) in [4.78, 5) is 21.4. The molecule has 0 saturated carbocycles. The predicted molar refractivity (Wildman–Crippen MR) is 79.0 cm³/mol. The molecule has 128 valence electrons. The fourth-order valence-corrected chi connectivity index (χ4v) is 1.70. The molecule has 0 fully saturated rings. The highest BCUT2D eigenvalue weighted by Gasteiger charge is 2.21. The van der Waals surface area contributed by atoms with Gasteiger partial charge < -0.3 is 10.1 Å². The minimum atomic E-state index is -1.25. The quantitative estimate of drug-likeness (QED) is 0.683. The summed E-state index contributed by atoms with van der Waals surface area (Å²) in [6.07, 6.45) is 1.27. The molecule has 0 atom stereocenters. The van der Waals surface area contributed by atoms with Gasteiger partial charge in [0.1, 0.15) is 0 Å². The number of benzene rings is 1. The molecule has 0 aliphatic heterocycles. The number of carbonyl (C=O) groups excluding carboxylic acids is 1. The average Bonchev–Trinajstić information content (AvgIpc) is 2.89. The lowest BCUT2D eigenvalue weighted by atomic mass is 10.1. The van der Waals surface area contributed by atoms with Crippen molar-refractivity contribution in [2.24, 2.45) is 0 Å². The molecule has 0 aliphatic rings. The Balaban J connectivity index is 2.20. The number of aromatic nitrogens is 2. The molecule has 2 rings (SSSR count). The van der Waals surface area contributed by atoms with E-state index in [0.717, 1.165) is 4.68 Å². The third-order valence-electron chi connectivity index (χ3n) is 2.67. The van der Waals surface area contributed by atoms with Crippen molar-refractivity contribution >= 4 is 11.7 Å². The molecule has 0 bridgehead atoms. The Morgan fingerprint density at radius 1 is 1.33 bits per heavy atom. The van der Waals surface area contributed by atoms with Crippen LogP contribution < -0.4 is 10.1 Å². The van der Waals surface area contributed by atoms with E-state index >= 15 is 0 Å². The number of hydrogen-bond acceptors (Lipinski definition) is 5. The molecule has 8 nitrogen and oxygen atoms in total. The van der Waals surface area contributed by atoms with Gasteiger partial charge in [0.25, 0.3) is 0 Å². The van der Waals surface area contributed by atoms with Crippen molar-refractivity contribution in [3.63, 3.8) is 0 Å². The van der Waals surface area contributed by atoms with E-state index in [1.807, 2.05) is 0 Å². The summed E-state index contributed by atoms with van der Waals surface area (Å²) in [6, 6.07) is 1.68. The van der Waals surface area contributed by atoms with Crippen LogP contribution in [0.1, 0.15) is 20.8 Å². The van der Waals surface area contributed by atoms with E-state index in [1.165, 1.54) is 12.3 Å². The first-order valence-corrected chi connectivity index (χ1v) is 6.76. The van der Waals surface area contributed by atoms with Crippen LogP contribution in [0.4, 0.5) is 19.3 Å². The molecule has 0 aliphatic carbocycles. The molecule has 0 saturated heterocycles. The van der Waals surface area contributed by atoms with Crippen LogP contribution >= 0.6 is 0 Å².